The lowest BCUT2D eigenvalue weighted by atomic mass is 10.0. The summed E-state index contributed by atoms with van der Waals surface area (Å²) in [6, 6.07) is 13.3. The van der Waals surface area contributed by atoms with Crippen LogP contribution < -0.4 is 11.1 Å². The summed E-state index contributed by atoms with van der Waals surface area (Å²) in [5.74, 6) is -1.60. The molecule has 8 heteroatoms. The molecule has 2 aromatic carbocycles. The number of thioether (sulfide) groups is 1. The lowest BCUT2D eigenvalue weighted by molar-refractivity contribution is -0.117. The van der Waals surface area contributed by atoms with Gasteiger partial charge in [0.1, 0.15) is 0 Å². The van der Waals surface area contributed by atoms with Crippen LogP contribution in [0.5, 0.6) is 0 Å². The van der Waals surface area contributed by atoms with E-state index in [4.69, 9.17) is 11.1 Å². The van der Waals surface area contributed by atoms with Crippen LogP contribution in [0.4, 0.5) is 5.69 Å². The predicted octanol–water partition coefficient (Wildman–Crippen LogP) is 2.76. The zero-order chi connectivity index (χ0) is 19.2. The van der Waals surface area contributed by atoms with Crippen molar-refractivity contribution in [2.75, 3.05) is 5.32 Å². The van der Waals surface area contributed by atoms with Crippen molar-refractivity contribution in [1.29, 1.82) is 5.41 Å². The molecule has 1 amide bonds. The molecule has 0 fully saturated rings. The minimum Gasteiger partial charge on any atom is -0.478 e. The van der Waals surface area contributed by atoms with Gasteiger partial charge >= 0.3 is 5.97 Å². The first-order valence-corrected chi connectivity index (χ1v) is 8.81. The van der Waals surface area contributed by atoms with Crippen molar-refractivity contribution in [2.45, 2.75) is 4.87 Å². The topological polar surface area (TPSA) is 129 Å². The molecule has 1 unspecified atom stereocenters. The number of anilines is 1. The Morgan fingerprint density at radius 1 is 1.19 bits per heavy atom. The molecule has 4 rings (SSSR count). The molecule has 27 heavy (non-hydrogen) atoms. The number of benzene rings is 2. The van der Waals surface area contributed by atoms with Gasteiger partial charge in [0.15, 0.2) is 4.87 Å². The number of carboxylic acid groups (broad SMARTS) is 1. The number of pyridine rings is 1. The van der Waals surface area contributed by atoms with Crippen LogP contribution in [-0.2, 0) is 9.67 Å². The van der Waals surface area contributed by atoms with Crippen molar-refractivity contribution in [3.8, 4) is 0 Å². The molecule has 7 nitrogen and oxygen atoms in total. The Kier molecular flexibility index (Phi) is 3.94. The number of nitrogens with two attached hydrogens (primary N) is 1. The molecule has 0 saturated heterocycles. The number of amides is 1. The average Bonchev–Trinajstić information content (AvgIpc) is 2.91. The van der Waals surface area contributed by atoms with Crippen molar-refractivity contribution in [3.05, 3.63) is 71.4 Å². The number of hydrogen-bond acceptors (Lipinski definition) is 6. The van der Waals surface area contributed by atoms with Gasteiger partial charge in [-0.1, -0.05) is 23.9 Å². The molecule has 0 aliphatic carbocycles. The highest BCUT2D eigenvalue weighted by molar-refractivity contribution is 8.15. The number of rotatable bonds is 3. The fourth-order valence-corrected chi connectivity index (χ4v) is 3.96. The zero-order valence-corrected chi connectivity index (χ0v) is 14.7. The third-order valence-corrected chi connectivity index (χ3v) is 5.55. The summed E-state index contributed by atoms with van der Waals surface area (Å²) in [5.41, 5.74) is 8.58. The number of fused-ring (bicyclic) bond motifs is 2. The molecule has 5 N–H and O–H groups in total. The molecule has 2 heterocycles. The number of carbonyl (C=O) groups is 2. The number of carbonyl (C=O) groups excluding carboxylic acids is 1. The van der Waals surface area contributed by atoms with Crippen molar-refractivity contribution in [1.82, 2.24) is 4.98 Å². The van der Waals surface area contributed by atoms with Gasteiger partial charge in [0.05, 0.1) is 16.1 Å². The van der Waals surface area contributed by atoms with Crippen molar-refractivity contribution in [2.24, 2.45) is 5.73 Å². The Morgan fingerprint density at radius 2 is 1.96 bits per heavy atom. The maximum Gasteiger partial charge on any atom is 0.335 e. The Labute approximate surface area is 158 Å². The van der Waals surface area contributed by atoms with E-state index in [1.165, 1.54) is 18.2 Å². The van der Waals surface area contributed by atoms with Gasteiger partial charge in [0.2, 0.25) is 0 Å². The lowest BCUT2D eigenvalue weighted by Gasteiger charge is -2.22. The summed E-state index contributed by atoms with van der Waals surface area (Å²) < 4.78 is 0. The molecule has 0 saturated carbocycles. The highest BCUT2D eigenvalue weighted by Crippen LogP contribution is 2.43. The van der Waals surface area contributed by atoms with Crippen LogP contribution in [-0.4, -0.2) is 27.0 Å². The molecule has 134 valence electrons. The molecule has 1 aliphatic rings. The second-order valence-electron chi connectivity index (χ2n) is 6.10. The summed E-state index contributed by atoms with van der Waals surface area (Å²) >= 11 is 0.878. The Balaban J connectivity index is 1.70. The van der Waals surface area contributed by atoms with E-state index >= 15 is 0 Å². The van der Waals surface area contributed by atoms with Gasteiger partial charge in [0, 0.05) is 28.4 Å². The van der Waals surface area contributed by atoms with Crippen LogP contribution in [0.1, 0.15) is 21.5 Å². The van der Waals surface area contributed by atoms with Crippen LogP contribution in [0, 0.1) is 5.41 Å². The predicted molar refractivity (Wildman–Crippen MR) is 104 cm³/mol. The first kappa shape index (κ1) is 17.2. The monoisotopic (exact) mass is 378 g/mol. The smallest absolute Gasteiger partial charge is 0.335 e. The molecular formula is C19H14N4O3S. The number of nitrogens with zero attached hydrogens (tertiary/aromatic N) is 1. The van der Waals surface area contributed by atoms with E-state index in [0.717, 1.165) is 22.7 Å². The van der Waals surface area contributed by atoms with E-state index < -0.39 is 16.7 Å². The lowest BCUT2D eigenvalue weighted by Crippen LogP contribution is -2.41. The van der Waals surface area contributed by atoms with E-state index in [1.54, 1.807) is 24.4 Å². The van der Waals surface area contributed by atoms with Crippen molar-refractivity contribution >= 4 is 45.3 Å². The summed E-state index contributed by atoms with van der Waals surface area (Å²) in [5, 5.41) is 21.3. The Hall–Kier alpha value is -3.23. The maximum atomic E-state index is 12.5. The van der Waals surface area contributed by atoms with Gasteiger partial charge in [-0.2, -0.15) is 0 Å². The SMILES string of the molecule is N=C(SC1(N)C(=O)Nc2ccc(C(=O)O)cc21)c1ccc2ncccc2c1. The van der Waals surface area contributed by atoms with E-state index in [1.807, 2.05) is 12.1 Å². The van der Waals surface area contributed by atoms with Gasteiger partial charge in [-0.25, -0.2) is 4.79 Å². The Morgan fingerprint density at radius 3 is 2.74 bits per heavy atom. The number of aromatic carboxylic acids is 1. The van der Waals surface area contributed by atoms with Gasteiger partial charge < -0.3 is 16.2 Å². The molecule has 3 aromatic rings. The summed E-state index contributed by atoms with van der Waals surface area (Å²) in [6.45, 7) is 0. The first-order chi connectivity index (χ1) is 12.9. The van der Waals surface area contributed by atoms with E-state index in [2.05, 4.69) is 10.3 Å². The van der Waals surface area contributed by atoms with Crippen LogP contribution in [0.15, 0.2) is 54.7 Å². The molecule has 1 atom stereocenters. The van der Waals surface area contributed by atoms with Crippen LogP contribution in [0.3, 0.4) is 0 Å². The molecule has 1 aromatic heterocycles. The molecule has 0 bridgehead atoms. The minimum atomic E-state index is -1.58. The van der Waals surface area contributed by atoms with Crippen LogP contribution in [0.2, 0.25) is 0 Å². The van der Waals surface area contributed by atoms with E-state index in [0.29, 0.717) is 16.8 Å². The van der Waals surface area contributed by atoms with Crippen LogP contribution in [0.25, 0.3) is 10.9 Å². The second-order valence-corrected chi connectivity index (χ2v) is 7.35. The fraction of sp³-hybridized carbons (Fsp3) is 0.0526. The normalized spacial score (nSPS) is 18.2. The molecule has 0 radical (unpaired) electrons. The van der Waals surface area contributed by atoms with Gasteiger partial charge in [-0.3, -0.25) is 15.2 Å². The Bertz CT molecular complexity index is 1130. The quantitative estimate of drug-likeness (QED) is 0.315. The number of aromatic nitrogens is 1. The van der Waals surface area contributed by atoms with E-state index in [9.17, 15) is 14.7 Å². The van der Waals surface area contributed by atoms with Crippen molar-refractivity contribution in [3.63, 3.8) is 0 Å². The average molecular weight is 378 g/mol. The summed E-state index contributed by atoms with van der Waals surface area (Å²) in [4.78, 5) is 26.4. The molecular weight excluding hydrogens is 364 g/mol. The third kappa shape index (κ3) is 2.84. The summed E-state index contributed by atoms with van der Waals surface area (Å²) in [7, 11) is 0. The minimum absolute atomic E-state index is 0.0315. The first-order valence-electron chi connectivity index (χ1n) is 7.99. The molecule has 1 aliphatic heterocycles. The molecule has 0 spiro atoms. The number of carboxylic acids is 1. The third-order valence-electron chi connectivity index (χ3n) is 4.38. The van der Waals surface area contributed by atoms with Gasteiger partial charge in [-0.15, -0.1) is 0 Å². The van der Waals surface area contributed by atoms with Gasteiger partial charge in [-0.05, 0) is 36.4 Å². The standard InChI is InChI=1S/C19H14N4O3S/c20-16(11-3-5-14-10(8-11)2-1-7-22-14)27-19(21)13-9-12(17(24)25)4-6-15(13)23-18(19)26/h1-9,20H,21H2,(H,23,26)(H,24,25). The van der Waals surface area contributed by atoms with E-state index in [-0.39, 0.29) is 10.6 Å². The maximum absolute atomic E-state index is 12.5. The highest BCUT2D eigenvalue weighted by Gasteiger charge is 2.45. The van der Waals surface area contributed by atoms with Crippen molar-refractivity contribution < 1.29 is 14.7 Å². The van der Waals surface area contributed by atoms with Gasteiger partial charge in [0.25, 0.3) is 5.91 Å². The zero-order valence-electron chi connectivity index (χ0n) is 13.9. The largest absolute Gasteiger partial charge is 0.478 e. The van der Waals surface area contributed by atoms with Crippen LogP contribution >= 0.6 is 11.8 Å². The number of nitrogens with one attached hydrogen (secondary N) is 2. The summed E-state index contributed by atoms with van der Waals surface area (Å²) in [6.07, 6.45) is 1.69. The second kappa shape index (κ2) is 6.19. The fourth-order valence-electron chi connectivity index (χ4n) is 2.97. The number of hydrogen-bond donors (Lipinski definition) is 4. The highest BCUT2D eigenvalue weighted by atomic mass is 32.2.